The van der Waals surface area contributed by atoms with Crippen LogP contribution in [0.5, 0.6) is 0 Å². The van der Waals surface area contributed by atoms with Gasteiger partial charge in [0, 0.05) is 28.9 Å². The van der Waals surface area contributed by atoms with E-state index < -0.39 is 10.8 Å². The molecule has 72 valence electrons. The minimum Gasteiger partial charge on any atom is -0.314 e. The molecule has 3 heteroatoms. The summed E-state index contributed by atoms with van der Waals surface area (Å²) in [4.78, 5) is 0. The van der Waals surface area contributed by atoms with Crippen molar-refractivity contribution in [1.29, 1.82) is 0 Å². The Kier molecular flexibility index (Phi) is 4.84. The molecule has 1 aliphatic heterocycles. The molecule has 0 radical (unpaired) electrons. The minimum absolute atomic E-state index is 0.613. The van der Waals surface area contributed by atoms with Gasteiger partial charge in [0.15, 0.2) is 0 Å². The van der Waals surface area contributed by atoms with Crippen LogP contribution >= 0.6 is 0 Å². The lowest BCUT2D eigenvalue weighted by molar-refractivity contribution is 0.498. The van der Waals surface area contributed by atoms with Gasteiger partial charge >= 0.3 is 0 Å². The summed E-state index contributed by atoms with van der Waals surface area (Å²) in [6.45, 7) is 1.15. The van der Waals surface area contributed by atoms with E-state index in [2.05, 4.69) is 5.32 Å². The summed E-state index contributed by atoms with van der Waals surface area (Å²) < 4.78 is 10.9. The fourth-order valence-corrected chi connectivity index (χ4v) is 2.27. The van der Waals surface area contributed by atoms with Gasteiger partial charge in [-0.2, -0.15) is 0 Å². The van der Waals surface area contributed by atoms with Crippen LogP contribution in [0.15, 0.2) is 0 Å². The monoisotopic (exact) mass is 189 g/mol. The van der Waals surface area contributed by atoms with Crippen molar-refractivity contribution < 1.29 is 4.21 Å². The Labute approximate surface area is 77.6 Å². The summed E-state index contributed by atoms with van der Waals surface area (Å²) in [6, 6.07) is 0.636. The fraction of sp³-hybridized carbons (Fsp3) is 1.00. The fourth-order valence-electron chi connectivity index (χ4n) is 1.66. The van der Waals surface area contributed by atoms with Gasteiger partial charge in [0.25, 0.3) is 0 Å². The molecular weight excluding hydrogens is 170 g/mol. The number of rotatable bonds is 3. The zero-order valence-electron chi connectivity index (χ0n) is 7.84. The summed E-state index contributed by atoms with van der Waals surface area (Å²) in [6.07, 6.45) is 8.16. The second kappa shape index (κ2) is 5.70. The molecule has 12 heavy (non-hydrogen) atoms. The molecule has 0 spiro atoms. The van der Waals surface area contributed by atoms with E-state index in [1.54, 1.807) is 6.26 Å². The maximum absolute atomic E-state index is 10.9. The zero-order chi connectivity index (χ0) is 8.81. The first kappa shape index (κ1) is 10.2. The molecule has 1 aliphatic rings. The second-order valence-corrected chi connectivity index (χ2v) is 5.12. The van der Waals surface area contributed by atoms with Crippen LogP contribution in [-0.2, 0) is 10.8 Å². The molecule has 2 nitrogen and oxygen atoms in total. The van der Waals surface area contributed by atoms with Crippen molar-refractivity contribution in [1.82, 2.24) is 5.32 Å². The van der Waals surface area contributed by atoms with E-state index in [-0.39, 0.29) is 0 Å². The summed E-state index contributed by atoms with van der Waals surface area (Å²) >= 11 is 0. The van der Waals surface area contributed by atoms with Gasteiger partial charge in [0.05, 0.1) is 0 Å². The van der Waals surface area contributed by atoms with E-state index in [1.807, 2.05) is 0 Å². The first-order valence-corrected chi connectivity index (χ1v) is 6.55. The Bertz CT molecular complexity index is 141. The predicted molar refractivity (Wildman–Crippen MR) is 53.8 cm³/mol. The van der Waals surface area contributed by atoms with Crippen molar-refractivity contribution in [2.75, 3.05) is 18.6 Å². The molecule has 0 aromatic rings. The minimum atomic E-state index is -0.613. The highest BCUT2D eigenvalue weighted by atomic mass is 32.2. The van der Waals surface area contributed by atoms with Crippen molar-refractivity contribution in [3.8, 4) is 0 Å². The van der Waals surface area contributed by atoms with E-state index in [1.165, 1.54) is 25.7 Å². The molecule has 1 fully saturated rings. The van der Waals surface area contributed by atoms with Gasteiger partial charge in [-0.3, -0.25) is 4.21 Å². The third kappa shape index (κ3) is 4.21. The second-order valence-electron chi connectivity index (χ2n) is 3.57. The van der Waals surface area contributed by atoms with Crippen molar-refractivity contribution >= 4 is 10.8 Å². The van der Waals surface area contributed by atoms with Crippen LogP contribution in [0, 0.1) is 0 Å². The van der Waals surface area contributed by atoms with Crippen LogP contribution in [0.4, 0.5) is 0 Å². The van der Waals surface area contributed by atoms with Crippen molar-refractivity contribution in [2.24, 2.45) is 0 Å². The third-order valence-corrected chi connectivity index (χ3v) is 3.23. The first-order valence-electron chi connectivity index (χ1n) is 4.82. The molecule has 2 unspecified atom stereocenters. The Balaban J connectivity index is 2.16. The van der Waals surface area contributed by atoms with Gasteiger partial charge in [-0.25, -0.2) is 0 Å². The Morgan fingerprint density at radius 1 is 1.42 bits per heavy atom. The van der Waals surface area contributed by atoms with Gasteiger partial charge in [0.2, 0.25) is 0 Å². The lowest BCUT2D eigenvalue weighted by Gasteiger charge is -2.14. The third-order valence-electron chi connectivity index (χ3n) is 2.42. The van der Waals surface area contributed by atoms with Crippen LogP contribution in [-0.4, -0.2) is 28.8 Å². The van der Waals surface area contributed by atoms with Gasteiger partial charge in [-0.15, -0.1) is 0 Å². The predicted octanol–water partition coefficient (Wildman–Crippen LogP) is 1.29. The molecule has 0 saturated carbocycles. The molecule has 2 atom stereocenters. The summed E-state index contributed by atoms with van der Waals surface area (Å²) in [5.41, 5.74) is 0. The van der Waals surface area contributed by atoms with E-state index >= 15 is 0 Å². The molecular formula is C9H19NOS. The molecule has 0 aromatic carbocycles. The standard InChI is InChI=1S/C9H19NOS/c1-12(11)8-6-9-5-3-2-4-7-10-9/h9-10H,2-8H2,1H3. The van der Waals surface area contributed by atoms with E-state index in [0.29, 0.717) is 6.04 Å². The van der Waals surface area contributed by atoms with Crippen molar-refractivity contribution in [3.05, 3.63) is 0 Å². The largest absolute Gasteiger partial charge is 0.314 e. The zero-order valence-corrected chi connectivity index (χ0v) is 8.66. The average molecular weight is 189 g/mol. The molecule has 1 heterocycles. The SMILES string of the molecule is CS(=O)CCC1CCCCCN1. The van der Waals surface area contributed by atoms with Gasteiger partial charge in [-0.05, 0) is 25.8 Å². The first-order chi connectivity index (χ1) is 5.79. The van der Waals surface area contributed by atoms with Crippen molar-refractivity contribution in [2.45, 2.75) is 38.1 Å². The van der Waals surface area contributed by atoms with E-state index in [9.17, 15) is 4.21 Å². The smallest absolute Gasteiger partial charge is 0.0246 e. The normalized spacial score (nSPS) is 27.9. The highest BCUT2D eigenvalue weighted by molar-refractivity contribution is 7.84. The Morgan fingerprint density at radius 3 is 3.00 bits per heavy atom. The Hall–Kier alpha value is 0.110. The average Bonchev–Trinajstić information content (AvgIpc) is 2.28. The van der Waals surface area contributed by atoms with Crippen LogP contribution in [0.1, 0.15) is 32.1 Å². The molecule has 0 aromatic heterocycles. The van der Waals surface area contributed by atoms with E-state index in [4.69, 9.17) is 0 Å². The van der Waals surface area contributed by atoms with Crippen LogP contribution < -0.4 is 5.32 Å². The molecule has 0 bridgehead atoms. The van der Waals surface area contributed by atoms with Crippen LogP contribution in [0.2, 0.25) is 0 Å². The van der Waals surface area contributed by atoms with Crippen molar-refractivity contribution in [3.63, 3.8) is 0 Å². The quantitative estimate of drug-likeness (QED) is 0.725. The van der Waals surface area contributed by atoms with Gasteiger partial charge in [-0.1, -0.05) is 12.8 Å². The van der Waals surface area contributed by atoms with E-state index in [0.717, 1.165) is 18.7 Å². The summed E-state index contributed by atoms with van der Waals surface area (Å²) in [5, 5.41) is 3.50. The summed E-state index contributed by atoms with van der Waals surface area (Å²) in [5.74, 6) is 0.859. The molecule has 1 saturated heterocycles. The lowest BCUT2D eigenvalue weighted by Crippen LogP contribution is -2.29. The highest BCUT2D eigenvalue weighted by Gasteiger charge is 2.10. The van der Waals surface area contributed by atoms with Crippen LogP contribution in [0.25, 0.3) is 0 Å². The number of hydrogen-bond donors (Lipinski definition) is 1. The van der Waals surface area contributed by atoms with Gasteiger partial charge in [0.1, 0.15) is 0 Å². The maximum Gasteiger partial charge on any atom is 0.0246 e. The van der Waals surface area contributed by atoms with Gasteiger partial charge < -0.3 is 5.32 Å². The number of nitrogens with one attached hydrogen (secondary N) is 1. The molecule has 0 amide bonds. The maximum atomic E-state index is 10.9. The molecule has 1 rings (SSSR count). The topological polar surface area (TPSA) is 29.1 Å². The lowest BCUT2D eigenvalue weighted by atomic mass is 10.1. The summed E-state index contributed by atoms with van der Waals surface area (Å²) in [7, 11) is -0.613. The number of hydrogen-bond acceptors (Lipinski definition) is 2. The molecule has 1 N–H and O–H groups in total. The Morgan fingerprint density at radius 2 is 2.25 bits per heavy atom. The van der Waals surface area contributed by atoms with Crippen LogP contribution in [0.3, 0.4) is 0 Å². The highest BCUT2D eigenvalue weighted by Crippen LogP contribution is 2.10. The molecule has 0 aliphatic carbocycles.